The van der Waals surface area contributed by atoms with Crippen LogP contribution in [0.25, 0.3) is 0 Å². The minimum atomic E-state index is -0.119. The van der Waals surface area contributed by atoms with E-state index in [4.69, 9.17) is 11.6 Å². The van der Waals surface area contributed by atoms with Gasteiger partial charge < -0.3 is 4.90 Å². The number of halogens is 1. The number of hydrogen-bond acceptors (Lipinski definition) is 3. The zero-order chi connectivity index (χ0) is 14.1. The second-order valence-electron chi connectivity index (χ2n) is 5.04. The molecule has 0 unspecified atom stereocenters. The second-order valence-corrected chi connectivity index (χ2v) is 5.47. The van der Waals surface area contributed by atoms with Crippen LogP contribution >= 0.6 is 11.6 Å². The van der Waals surface area contributed by atoms with Crippen LogP contribution in [0.4, 0.5) is 0 Å². The van der Waals surface area contributed by atoms with Crippen LogP contribution in [-0.4, -0.2) is 32.0 Å². The minimum Gasteiger partial charge on any atom is -0.329 e. The molecule has 1 aromatic heterocycles. The maximum absolute atomic E-state index is 12.5. The van der Waals surface area contributed by atoms with Gasteiger partial charge in [-0.05, 0) is 37.5 Å². The Labute approximate surface area is 122 Å². The van der Waals surface area contributed by atoms with Crippen molar-refractivity contribution in [3.63, 3.8) is 0 Å². The number of nitrogens with one attached hydrogen (secondary N) is 1. The highest BCUT2D eigenvalue weighted by Gasteiger charge is 2.34. The SMILES string of the molecule is Cc1nc(C(=O)N(Cc2ccc(Cl)cc2)C2CC2)n[nH]1. The average Bonchev–Trinajstić information content (AvgIpc) is 3.19. The Morgan fingerprint density at radius 2 is 2.10 bits per heavy atom. The largest absolute Gasteiger partial charge is 0.329 e. The lowest BCUT2D eigenvalue weighted by Crippen LogP contribution is -2.33. The van der Waals surface area contributed by atoms with Crippen LogP contribution in [0.3, 0.4) is 0 Å². The quantitative estimate of drug-likeness (QED) is 0.941. The highest BCUT2D eigenvalue weighted by molar-refractivity contribution is 6.30. The molecule has 104 valence electrons. The van der Waals surface area contributed by atoms with E-state index in [0.29, 0.717) is 23.4 Å². The first-order valence-corrected chi connectivity index (χ1v) is 6.95. The van der Waals surface area contributed by atoms with E-state index in [9.17, 15) is 4.79 Å². The summed E-state index contributed by atoms with van der Waals surface area (Å²) in [7, 11) is 0. The summed E-state index contributed by atoms with van der Waals surface area (Å²) in [5.74, 6) is 0.769. The Morgan fingerprint density at radius 3 is 2.65 bits per heavy atom. The summed E-state index contributed by atoms with van der Waals surface area (Å²) in [5.41, 5.74) is 1.06. The number of carbonyl (C=O) groups excluding carboxylic acids is 1. The molecule has 1 amide bonds. The van der Waals surface area contributed by atoms with Crippen molar-refractivity contribution in [3.8, 4) is 0 Å². The number of rotatable bonds is 4. The number of nitrogens with zero attached hydrogens (tertiary/aromatic N) is 3. The molecule has 0 saturated heterocycles. The zero-order valence-electron chi connectivity index (χ0n) is 11.1. The lowest BCUT2D eigenvalue weighted by Gasteiger charge is -2.21. The van der Waals surface area contributed by atoms with E-state index in [1.165, 1.54) is 0 Å². The molecule has 20 heavy (non-hydrogen) atoms. The molecule has 1 saturated carbocycles. The number of amides is 1. The molecule has 1 heterocycles. The van der Waals surface area contributed by atoms with Gasteiger partial charge in [-0.25, -0.2) is 4.98 Å². The summed E-state index contributed by atoms with van der Waals surface area (Å²) in [4.78, 5) is 18.4. The van der Waals surface area contributed by atoms with Crippen molar-refractivity contribution in [1.29, 1.82) is 0 Å². The second kappa shape index (κ2) is 5.25. The number of aryl methyl sites for hydroxylation is 1. The fourth-order valence-electron chi connectivity index (χ4n) is 2.11. The monoisotopic (exact) mass is 290 g/mol. The minimum absolute atomic E-state index is 0.119. The molecule has 3 rings (SSSR count). The molecule has 1 aliphatic carbocycles. The van der Waals surface area contributed by atoms with Gasteiger partial charge in [-0.2, -0.15) is 0 Å². The first kappa shape index (κ1) is 13.1. The Hall–Kier alpha value is -1.88. The van der Waals surface area contributed by atoms with Crippen molar-refractivity contribution in [1.82, 2.24) is 20.1 Å². The molecule has 0 aliphatic heterocycles. The summed E-state index contributed by atoms with van der Waals surface area (Å²) in [5, 5.41) is 7.36. The standard InChI is InChI=1S/C14H15ClN4O/c1-9-16-13(18-17-9)14(20)19(12-6-7-12)8-10-2-4-11(15)5-3-10/h2-5,12H,6-8H2,1H3,(H,16,17,18). The molecule has 1 fully saturated rings. The molecule has 1 N–H and O–H groups in total. The molecule has 6 heteroatoms. The molecule has 2 aromatic rings. The van der Waals surface area contributed by atoms with Crippen LogP contribution < -0.4 is 0 Å². The van der Waals surface area contributed by atoms with E-state index in [2.05, 4.69) is 15.2 Å². The summed E-state index contributed by atoms with van der Waals surface area (Å²) >= 11 is 5.88. The predicted octanol–water partition coefficient (Wildman–Crippen LogP) is 2.57. The van der Waals surface area contributed by atoms with Crippen LogP contribution in [0.15, 0.2) is 24.3 Å². The third-order valence-corrected chi connectivity index (χ3v) is 3.56. The number of carbonyl (C=O) groups is 1. The van der Waals surface area contributed by atoms with E-state index in [1.807, 2.05) is 29.2 Å². The summed E-state index contributed by atoms with van der Waals surface area (Å²) < 4.78 is 0. The van der Waals surface area contributed by atoms with E-state index < -0.39 is 0 Å². The molecule has 0 radical (unpaired) electrons. The summed E-state index contributed by atoms with van der Waals surface area (Å²) in [6.45, 7) is 2.35. The molecule has 0 spiro atoms. The van der Waals surface area contributed by atoms with Gasteiger partial charge in [-0.1, -0.05) is 23.7 Å². The van der Waals surface area contributed by atoms with Gasteiger partial charge in [-0.15, -0.1) is 5.10 Å². The molecule has 1 aromatic carbocycles. The van der Waals surface area contributed by atoms with E-state index in [0.717, 1.165) is 18.4 Å². The Balaban J connectivity index is 1.79. The topological polar surface area (TPSA) is 61.9 Å². The normalized spacial score (nSPS) is 14.3. The number of H-pyrrole nitrogens is 1. The maximum Gasteiger partial charge on any atom is 0.294 e. The van der Waals surface area contributed by atoms with Gasteiger partial charge in [0.05, 0.1) is 0 Å². The summed E-state index contributed by atoms with van der Waals surface area (Å²) in [6, 6.07) is 7.85. The Morgan fingerprint density at radius 1 is 1.40 bits per heavy atom. The molecular weight excluding hydrogens is 276 g/mol. The van der Waals surface area contributed by atoms with Gasteiger partial charge >= 0.3 is 0 Å². The van der Waals surface area contributed by atoms with Gasteiger partial charge in [0.1, 0.15) is 5.82 Å². The van der Waals surface area contributed by atoms with Crippen molar-refractivity contribution in [2.45, 2.75) is 32.4 Å². The smallest absolute Gasteiger partial charge is 0.294 e. The third kappa shape index (κ3) is 2.82. The lowest BCUT2D eigenvalue weighted by molar-refractivity contribution is 0.0718. The fraction of sp³-hybridized carbons (Fsp3) is 0.357. The molecule has 5 nitrogen and oxygen atoms in total. The van der Waals surface area contributed by atoms with E-state index in [-0.39, 0.29) is 11.7 Å². The summed E-state index contributed by atoms with van der Waals surface area (Å²) in [6.07, 6.45) is 2.09. The lowest BCUT2D eigenvalue weighted by atomic mass is 10.2. The van der Waals surface area contributed by atoms with Crippen LogP contribution in [0.1, 0.15) is 34.8 Å². The molecule has 1 aliphatic rings. The van der Waals surface area contributed by atoms with Crippen molar-refractivity contribution < 1.29 is 4.79 Å². The fourth-order valence-corrected chi connectivity index (χ4v) is 2.23. The van der Waals surface area contributed by atoms with Crippen LogP contribution in [0.5, 0.6) is 0 Å². The van der Waals surface area contributed by atoms with E-state index in [1.54, 1.807) is 6.92 Å². The first-order chi connectivity index (χ1) is 9.63. The number of aromatic amines is 1. The van der Waals surface area contributed by atoms with Crippen LogP contribution in [0.2, 0.25) is 5.02 Å². The van der Waals surface area contributed by atoms with Gasteiger partial charge in [0.25, 0.3) is 5.91 Å². The van der Waals surface area contributed by atoms with Crippen LogP contribution in [-0.2, 0) is 6.54 Å². The Kier molecular flexibility index (Phi) is 3.44. The molecular formula is C14H15ClN4O. The molecule has 0 atom stereocenters. The third-order valence-electron chi connectivity index (χ3n) is 3.30. The van der Waals surface area contributed by atoms with Gasteiger partial charge in [0.15, 0.2) is 0 Å². The van der Waals surface area contributed by atoms with Crippen molar-refractivity contribution in [3.05, 3.63) is 46.5 Å². The average molecular weight is 291 g/mol. The number of hydrogen-bond donors (Lipinski definition) is 1. The molecule has 0 bridgehead atoms. The zero-order valence-corrected chi connectivity index (χ0v) is 11.9. The van der Waals surface area contributed by atoms with Crippen molar-refractivity contribution in [2.24, 2.45) is 0 Å². The predicted molar refractivity (Wildman–Crippen MR) is 75.5 cm³/mol. The number of benzene rings is 1. The van der Waals surface area contributed by atoms with Crippen molar-refractivity contribution >= 4 is 17.5 Å². The number of aromatic nitrogens is 3. The van der Waals surface area contributed by atoms with Gasteiger partial charge in [-0.3, -0.25) is 9.89 Å². The first-order valence-electron chi connectivity index (χ1n) is 6.58. The highest BCUT2D eigenvalue weighted by Crippen LogP contribution is 2.29. The van der Waals surface area contributed by atoms with Crippen LogP contribution in [0, 0.1) is 6.92 Å². The van der Waals surface area contributed by atoms with E-state index >= 15 is 0 Å². The Bertz CT molecular complexity index is 618. The highest BCUT2D eigenvalue weighted by atomic mass is 35.5. The van der Waals surface area contributed by atoms with Gasteiger partial charge in [0.2, 0.25) is 5.82 Å². The van der Waals surface area contributed by atoms with Gasteiger partial charge in [0, 0.05) is 17.6 Å². The van der Waals surface area contributed by atoms with Crippen molar-refractivity contribution in [2.75, 3.05) is 0 Å². The maximum atomic E-state index is 12.5.